The van der Waals surface area contributed by atoms with Gasteiger partial charge in [-0.2, -0.15) is 4.31 Å². The Morgan fingerprint density at radius 1 is 1.38 bits per heavy atom. The number of rotatable bonds is 4. The van der Waals surface area contributed by atoms with Crippen LogP contribution in [0.2, 0.25) is 0 Å². The van der Waals surface area contributed by atoms with Gasteiger partial charge < -0.3 is 5.32 Å². The van der Waals surface area contributed by atoms with E-state index in [2.05, 4.69) is 5.32 Å². The summed E-state index contributed by atoms with van der Waals surface area (Å²) in [4.78, 5) is 10.5. The fraction of sp³-hybridized carbons (Fsp3) is 0.538. The molecular weight excluding hydrogens is 294 g/mol. The van der Waals surface area contributed by atoms with Crippen LogP contribution < -0.4 is 5.32 Å². The van der Waals surface area contributed by atoms with E-state index in [9.17, 15) is 18.5 Å². The van der Waals surface area contributed by atoms with E-state index < -0.39 is 14.9 Å². The van der Waals surface area contributed by atoms with Crippen molar-refractivity contribution in [2.45, 2.75) is 31.2 Å². The normalized spacial score (nSPS) is 19.1. The Bertz CT molecular complexity index is 666. The minimum absolute atomic E-state index is 0.0216. The molecule has 0 amide bonds. The van der Waals surface area contributed by atoms with Crippen molar-refractivity contribution in [2.75, 3.05) is 20.1 Å². The van der Waals surface area contributed by atoms with Crippen LogP contribution in [0.3, 0.4) is 0 Å². The molecule has 1 fully saturated rings. The Kier molecular flexibility index (Phi) is 4.31. The molecule has 116 valence electrons. The average molecular weight is 313 g/mol. The SMILES string of the molecule is Cc1cc(S(=O)(=O)N(C)C2CCNC2)cc([N+](=O)[O-])c1C. The highest BCUT2D eigenvalue weighted by Gasteiger charge is 2.31. The first-order chi connectivity index (χ1) is 9.75. The summed E-state index contributed by atoms with van der Waals surface area (Å²) in [5.41, 5.74) is 0.927. The van der Waals surface area contributed by atoms with Gasteiger partial charge in [0.05, 0.1) is 9.82 Å². The molecule has 7 nitrogen and oxygen atoms in total. The molecule has 0 aliphatic carbocycles. The zero-order valence-electron chi connectivity index (χ0n) is 12.3. The molecule has 1 aliphatic rings. The molecule has 21 heavy (non-hydrogen) atoms. The van der Waals surface area contributed by atoms with Gasteiger partial charge in [-0.25, -0.2) is 8.42 Å². The zero-order chi connectivity index (χ0) is 15.8. The Morgan fingerprint density at radius 3 is 2.57 bits per heavy atom. The van der Waals surface area contributed by atoms with E-state index in [1.807, 2.05) is 0 Å². The van der Waals surface area contributed by atoms with E-state index >= 15 is 0 Å². The predicted molar refractivity (Wildman–Crippen MR) is 78.8 cm³/mol. The number of nitrogens with zero attached hydrogens (tertiary/aromatic N) is 2. The summed E-state index contributed by atoms with van der Waals surface area (Å²) in [5.74, 6) is 0. The molecule has 1 aliphatic heterocycles. The molecule has 0 spiro atoms. The number of nitro benzene ring substituents is 1. The van der Waals surface area contributed by atoms with Gasteiger partial charge in [-0.05, 0) is 38.4 Å². The Labute approximate surface area is 124 Å². The van der Waals surface area contributed by atoms with E-state index in [0.29, 0.717) is 17.7 Å². The van der Waals surface area contributed by atoms with Crippen molar-refractivity contribution in [3.8, 4) is 0 Å². The van der Waals surface area contributed by atoms with Crippen LogP contribution in [-0.4, -0.2) is 43.8 Å². The van der Waals surface area contributed by atoms with Crippen molar-refractivity contribution >= 4 is 15.7 Å². The molecule has 0 saturated carbocycles. The molecule has 0 bridgehead atoms. The van der Waals surface area contributed by atoms with Crippen LogP contribution in [0, 0.1) is 24.0 Å². The number of sulfonamides is 1. The second-order valence-electron chi connectivity index (χ2n) is 5.31. The molecule has 0 aromatic heterocycles. The lowest BCUT2D eigenvalue weighted by Gasteiger charge is -2.23. The third-order valence-electron chi connectivity index (χ3n) is 4.04. The molecule has 0 radical (unpaired) electrons. The molecular formula is C13H19N3O4S. The van der Waals surface area contributed by atoms with Gasteiger partial charge in [0.2, 0.25) is 10.0 Å². The topological polar surface area (TPSA) is 92.6 Å². The van der Waals surface area contributed by atoms with Crippen molar-refractivity contribution in [3.63, 3.8) is 0 Å². The zero-order valence-corrected chi connectivity index (χ0v) is 13.1. The number of nitro groups is 1. The standard InChI is InChI=1S/C13H19N3O4S/c1-9-6-12(7-13(10(9)2)16(17)18)21(19,20)15(3)11-4-5-14-8-11/h6-7,11,14H,4-5,8H2,1-3H3. The molecule has 1 N–H and O–H groups in total. The first-order valence-corrected chi connectivity index (χ1v) is 8.13. The molecule has 1 aromatic carbocycles. The summed E-state index contributed by atoms with van der Waals surface area (Å²) in [5, 5.41) is 14.2. The van der Waals surface area contributed by atoms with Gasteiger partial charge in [0.1, 0.15) is 0 Å². The Balaban J connectivity index is 2.47. The highest BCUT2D eigenvalue weighted by atomic mass is 32.2. The van der Waals surface area contributed by atoms with Gasteiger partial charge in [-0.1, -0.05) is 0 Å². The van der Waals surface area contributed by atoms with Crippen molar-refractivity contribution < 1.29 is 13.3 Å². The molecule has 2 rings (SSSR count). The summed E-state index contributed by atoms with van der Waals surface area (Å²) >= 11 is 0. The minimum atomic E-state index is -3.73. The number of likely N-dealkylation sites (N-methyl/N-ethyl adjacent to an activating group) is 1. The van der Waals surface area contributed by atoms with Crippen LogP contribution >= 0.6 is 0 Å². The van der Waals surface area contributed by atoms with Crippen LogP contribution in [-0.2, 0) is 10.0 Å². The van der Waals surface area contributed by atoms with E-state index in [0.717, 1.165) is 19.0 Å². The largest absolute Gasteiger partial charge is 0.315 e. The maximum Gasteiger partial charge on any atom is 0.273 e. The first-order valence-electron chi connectivity index (χ1n) is 6.69. The third kappa shape index (κ3) is 2.92. The number of hydrogen-bond acceptors (Lipinski definition) is 5. The maximum atomic E-state index is 12.6. The first kappa shape index (κ1) is 15.9. The summed E-state index contributed by atoms with van der Waals surface area (Å²) in [7, 11) is -2.21. The van der Waals surface area contributed by atoms with E-state index in [1.54, 1.807) is 13.8 Å². The smallest absolute Gasteiger partial charge is 0.273 e. The molecule has 1 unspecified atom stereocenters. The predicted octanol–water partition coefficient (Wildman–Crippen LogP) is 1.19. The fourth-order valence-electron chi connectivity index (χ4n) is 2.46. The quantitative estimate of drug-likeness (QED) is 0.666. The molecule has 1 aromatic rings. The van der Waals surface area contributed by atoms with Crippen LogP contribution in [0.15, 0.2) is 17.0 Å². The summed E-state index contributed by atoms with van der Waals surface area (Å²) in [6.45, 7) is 4.67. The lowest BCUT2D eigenvalue weighted by atomic mass is 10.1. The minimum Gasteiger partial charge on any atom is -0.315 e. The van der Waals surface area contributed by atoms with Crippen molar-refractivity contribution in [1.82, 2.24) is 9.62 Å². The molecule has 1 saturated heterocycles. The van der Waals surface area contributed by atoms with E-state index in [-0.39, 0.29) is 16.6 Å². The lowest BCUT2D eigenvalue weighted by Crippen LogP contribution is -2.38. The number of hydrogen-bond donors (Lipinski definition) is 1. The van der Waals surface area contributed by atoms with Gasteiger partial charge in [-0.3, -0.25) is 10.1 Å². The van der Waals surface area contributed by atoms with Gasteiger partial charge in [0.15, 0.2) is 0 Å². The second-order valence-corrected chi connectivity index (χ2v) is 7.31. The number of nitrogens with one attached hydrogen (secondary N) is 1. The number of aryl methyl sites for hydroxylation is 1. The number of benzene rings is 1. The van der Waals surface area contributed by atoms with Gasteiger partial charge in [-0.15, -0.1) is 0 Å². The lowest BCUT2D eigenvalue weighted by molar-refractivity contribution is -0.385. The van der Waals surface area contributed by atoms with Gasteiger partial charge in [0.25, 0.3) is 5.69 Å². The van der Waals surface area contributed by atoms with Crippen LogP contribution in [0.4, 0.5) is 5.69 Å². The third-order valence-corrected chi connectivity index (χ3v) is 5.92. The second kappa shape index (κ2) is 5.70. The molecule has 8 heteroatoms. The van der Waals surface area contributed by atoms with E-state index in [1.165, 1.54) is 17.4 Å². The van der Waals surface area contributed by atoms with Crippen LogP contribution in [0.25, 0.3) is 0 Å². The fourth-order valence-corrected chi connectivity index (χ4v) is 3.95. The average Bonchev–Trinajstić information content (AvgIpc) is 2.94. The summed E-state index contributed by atoms with van der Waals surface area (Å²) < 4.78 is 26.6. The van der Waals surface area contributed by atoms with Gasteiger partial charge in [0, 0.05) is 31.3 Å². The van der Waals surface area contributed by atoms with Crippen molar-refractivity contribution in [1.29, 1.82) is 0 Å². The van der Waals surface area contributed by atoms with E-state index in [4.69, 9.17) is 0 Å². The maximum absolute atomic E-state index is 12.6. The molecule has 1 atom stereocenters. The monoisotopic (exact) mass is 313 g/mol. The van der Waals surface area contributed by atoms with Crippen molar-refractivity contribution in [2.24, 2.45) is 0 Å². The summed E-state index contributed by atoms with van der Waals surface area (Å²) in [6.07, 6.45) is 0.739. The highest BCUT2D eigenvalue weighted by molar-refractivity contribution is 7.89. The Hall–Kier alpha value is -1.51. The van der Waals surface area contributed by atoms with Crippen LogP contribution in [0.5, 0.6) is 0 Å². The van der Waals surface area contributed by atoms with Crippen molar-refractivity contribution in [3.05, 3.63) is 33.4 Å². The highest BCUT2D eigenvalue weighted by Crippen LogP contribution is 2.28. The van der Waals surface area contributed by atoms with Crippen LogP contribution in [0.1, 0.15) is 17.5 Å². The van der Waals surface area contributed by atoms with Gasteiger partial charge >= 0.3 is 0 Å². The molecule has 1 heterocycles. The summed E-state index contributed by atoms with van der Waals surface area (Å²) in [6, 6.07) is 2.53. The Morgan fingerprint density at radius 2 is 2.05 bits per heavy atom.